The third kappa shape index (κ3) is 3.80. The molecule has 1 amide bonds. The normalized spacial score (nSPS) is 13.2. The predicted molar refractivity (Wildman–Crippen MR) is 119 cm³/mol. The highest BCUT2D eigenvalue weighted by atomic mass is 32.2. The lowest BCUT2D eigenvalue weighted by atomic mass is 10.1. The summed E-state index contributed by atoms with van der Waals surface area (Å²) < 4.78 is 34.0. The monoisotopic (exact) mass is 442 g/mol. The van der Waals surface area contributed by atoms with Crippen LogP contribution in [-0.4, -0.2) is 28.0 Å². The van der Waals surface area contributed by atoms with E-state index in [2.05, 4.69) is 4.72 Å². The lowest BCUT2D eigenvalue weighted by Gasteiger charge is -2.17. The number of aryl methyl sites for hydroxylation is 1. The van der Waals surface area contributed by atoms with Crippen LogP contribution in [-0.2, 0) is 22.9 Å². The fraction of sp³-hybridized carbons (Fsp3) is 0.227. The van der Waals surface area contributed by atoms with Crippen LogP contribution in [0.4, 0.5) is 11.4 Å². The molecular weight excluding hydrogens is 420 g/mol. The number of amides is 1. The second-order valence-corrected chi connectivity index (χ2v) is 9.57. The SMILES string of the molecule is CCc1ccc(OC)c(S(=O)(=O)Nc2ccc3c(c2)CCN3C(=O)c2cccs2)c1. The fourth-order valence-electron chi connectivity index (χ4n) is 3.57. The van der Waals surface area contributed by atoms with Gasteiger partial charge in [0, 0.05) is 17.9 Å². The Morgan fingerprint density at radius 1 is 1.20 bits per heavy atom. The van der Waals surface area contributed by atoms with E-state index in [0.29, 0.717) is 29.3 Å². The van der Waals surface area contributed by atoms with Crippen molar-refractivity contribution in [3.63, 3.8) is 0 Å². The maximum atomic E-state index is 13.0. The number of anilines is 2. The van der Waals surface area contributed by atoms with Gasteiger partial charge in [-0.3, -0.25) is 9.52 Å². The number of ether oxygens (including phenoxy) is 1. The Morgan fingerprint density at radius 3 is 2.73 bits per heavy atom. The zero-order valence-corrected chi connectivity index (χ0v) is 18.3. The molecule has 3 aromatic rings. The second kappa shape index (κ2) is 8.12. The van der Waals surface area contributed by atoms with E-state index in [1.54, 1.807) is 35.2 Å². The molecule has 4 rings (SSSR count). The van der Waals surface area contributed by atoms with E-state index in [-0.39, 0.29) is 10.8 Å². The zero-order chi connectivity index (χ0) is 21.3. The highest BCUT2D eigenvalue weighted by molar-refractivity contribution is 7.92. The number of benzene rings is 2. The third-order valence-electron chi connectivity index (χ3n) is 5.13. The molecule has 8 heteroatoms. The molecule has 0 bridgehead atoms. The molecule has 2 heterocycles. The molecule has 6 nitrogen and oxygen atoms in total. The molecule has 30 heavy (non-hydrogen) atoms. The van der Waals surface area contributed by atoms with Gasteiger partial charge < -0.3 is 9.64 Å². The lowest BCUT2D eigenvalue weighted by Crippen LogP contribution is -2.28. The smallest absolute Gasteiger partial charge is 0.268 e. The number of hydrogen-bond donors (Lipinski definition) is 1. The Labute approximate surface area is 180 Å². The van der Waals surface area contributed by atoms with Gasteiger partial charge in [-0.25, -0.2) is 8.42 Å². The summed E-state index contributed by atoms with van der Waals surface area (Å²) in [5, 5.41) is 1.88. The van der Waals surface area contributed by atoms with Crippen LogP contribution in [0, 0.1) is 0 Å². The first-order valence-electron chi connectivity index (χ1n) is 9.61. The van der Waals surface area contributed by atoms with E-state index < -0.39 is 10.0 Å². The molecule has 1 aromatic heterocycles. The number of nitrogens with zero attached hydrogens (tertiary/aromatic N) is 1. The van der Waals surface area contributed by atoms with E-state index in [1.165, 1.54) is 18.4 Å². The second-order valence-electron chi connectivity index (χ2n) is 6.97. The quantitative estimate of drug-likeness (QED) is 0.617. The molecule has 0 radical (unpaired) electrons. The summed E-state index contributed by atoms with van der Waals surface area (Å²) in [4.78, 5) is 15.3. The molecule has 0 fully saturated rings. The molecule has 156 valence electrons. The maximum absolute atomic E-state index is 13.0. The molecular formula is C22H22N2O4S2. The van der Waals surface area contributed by atoms with E-state index in [0.717, 1.165) is 23.2 Å². The van der Waals surface area contributed by atoms with Gasteiger partial charge >= 0.3 is 0 Å². The molecule has 1 N–H and O–H groups in total. The molecule has 1 aliphatic rings. The summed E-state index contributed by atoms with van der Waals surface area (Å²) in [6, 6.07) is 14.1. The van der Waals surface area contributed by atoms with E-state index in [1.807, 2.05) is 30.5 Å². The van der Waals surface area contributed by atoms with Gasteiger partial charge in [0.05, 0.1) is 12.0 Å². The predicted octanol–water partition coefficient (Wildman–Crippen LogP) is 4.32. The number of carbonyl (C=O) groups is 1. The van der Waals surface area contributed by atoms with Crippen LogP contribution in [0.5, 0.6) is 5.75 Å². The Balaban J connectivity index is 1.61. The standard InChI is InChI=1S/C22H22N2O4S2/c1-3-15-6-9-19(28-2)21(13-15)30(26,27)23-17-7-8-18-16(14-17)10-11-24(18)22(25)20-5-4-12-29-20/h4-9,12-14,23H,3,10-11H2,1-2H3. The van der Waals surface area contributed by atoms with Crippen LogP contribution in [0.25, 0.3) is 0 Å². The molecule has 0 saturated carbocycles. The Kier molecular flexibility index (Phi) is 5.53. The summed E-state index contributed by atoms with van der Waals surface area (Å²) in [5.41, 5.74) is 3.13. The number of thiophene rings is 1. The first-order valence-corrected chi connectivity index (χ1v) is 12.0. The molecule has 0 unspecified atom stereocenters. The van der Waals surface area contributed by atoms with Crippen LogP contribution in [0.2, 0.25) is 0 Å². The summed E-state index contributed by atoms with van der Waals surface area (Å²) in [5.74, 6) is 0.270. The number of fused-ring (bicyclic) bond motifs is 1. The lowest BCUT2D eigenvalue weighted by molar-refractivity contribution is 0.0993. The number of methoxy groups -OCH3 is 1. The van der Waals surface area contributed by atoms with E-state index >= 15 is 0 Å². The van der Waals surface area contributed by atoms with Crippen molar-refractivity contribution in [1.29, 1.82) is 0 Å². The van der Waals surface area contributed by atoms with Crippen LogP contribution < -0.4 is 14.4 Å². The van der Waals surface area contributed by atoms with Crippen molar-refractivity contribution in [1.82, 2.24) is 0 Å². The Bertz CT molecular complexity index is 1190. The summed E-state index contributed by atoms with van der Waals surface area (Å²) in [7, 11) is -2.37. The van der Waals surface area contributed by atoms with Gasteiger partial charge in [0.25, 0.3) is 15.9 Å². The molecule has 0 atom stereocenters. The highest BCUT2D eigenvalue weighted by Gasteiger charge is 2.27. The minimum Gasteiger partial charge on any atom is -0.495 e. The largest absolute Gasteiger partial charge is 0.495 e. The molecule has 0 saturated heterocycles. The van der Waals surface area contributed by atoms with E-state index in [9.17, 15) is 13.2 Å². The van der Waals surface area contributed by atoms with Gasteiger partial charge in [0.2, 0.25) is 0 Å². The average molecular weight is 443 g/mol. The van der Waals surface area contributed by atoms with Crippen molar-refractivity contribution < 1.29 is 17.9 Å². The Hall–Kier alpha value is -2.84. The van der Waals surface area contributed by atoms with Gasteiger partial charge in [-0.2, -0.15) is 0 Å². The van der Waals surface area contributed by atoms with Crippen molar-refractivity contribution in [2.75, 3.05) is 23.3 Å². The van der Waals surface area contributed by atoms with Gasteiger partial charge in [-0.15, -0.1) is 11.3 Å². The average Bonchev–Trinajstić information content (AvgIpc) is 3.42. The molecule has 0 spiro atoms. The van der Waals surface area contributed by atoms with Crippen molar-refractivity contribution >= 4 is 38.6 Å². The fourth-order valence-corrected chi connectivity index (χ4v) is 5.51. The van der Waals surface area contributed by atoms with Crippen LogP contribution in [0.3, 0.4) is 0 Å². The van der Waals surface area contributed by atoms with Crippen LogP contribution >= 0.6 is 11.3 Å². The summed E-state index contributed by atoms with van der Waals surface area (Å²) >= 11 is 1.41. The number of nitrogens with one attached hydrogen (secondary N) is 1. The minimum atomic E-state index is -3.83. The van der Waals surface area contributed by atoms with Gasteiger partial charge in [0.1, 0.15) is 10.6 Å². The first kappa shape index (κ1) is 20.4. The van der Waals surface area contributed by atoms with Crippen LogP contribution in [0.15, 0.2) is 58.8 Å². The van der Waals surface area contributed by atoms with E-state index in [4.69, 9.17) is 4.74 Å². The van der Waals surface area contributed by atoms with Gasteiger partial charge in [0.15, 0.2) is 0 Å². The number of hydrogen-bond acceptors (Lipinski definition) is 5. The molecule has 2 aromatic carbocycles. The molecule has 0 aliphatic carbocycles. The molecule has 1 aliphatic heterocycles. The van der Waals surface area contributed by atoms with Gasteiger partial charge in [-0.05, 0) is 65.7 Å². The summed E-state index contributed by atoms with van der Waals surface area (Å²) in [6.45, 7) is 2.55. The topological polar surface area (TPSA) is 75.7 Å². The van der Waals surface area contributed by atoms with Crippen molar-refractivity contribution in [2.45, 2.75) is 24.7 Å². The van der Waals surface area contributed by atoms with Crippen molar-refractivity contribution in [2.24, 2.45) is 0 Å². The first-order chi connectivity index (χ1) is 14.4. The highest BCUT2D eigenvalue weighted by Crippen LogP contribution is 2.34. The van der Waals surface area contributed by atoms with Crippen LogP contribution in [0.1, 0.15) is 27.7 Å². The number of sulfonamides is 1. The summed E-state index contributed by atoms with van der Waals surface area (Å²) in [6.07, 6.45) is 1.40. The maximum Gasteiger partial charge on any atom is 0.268 e. The number of carbonyl (C=O) groups excluding carboxylic acids is 1. The van der Waals surface area contributed by atoms with Gasteiger partial charge in [-0.1, -0.05) is 19.1 Å². The zero-order valence-electron chi connectivity index (χ0n) is 16.7. The van der Waals surface area contributed by atoms with Crippen molar-refractivity contribution in [3.05, 3.63) is 69.9 Å². The third-order valence-corrected chi connectivity index (χ3v) is 7.39. The minimum absolute atomic E-state index is 0.0294. The van der Waals surface area contributed by atoms with Crippen molar-refractivity contribution in [3.8, 4) is 5.75 Å². The Morgan fingerprint density at radius 2 is 2.03 bits per heavy atom. The number of rotatable bonds is 6.